The molecular formula is C11H23NO. The maximum absolute atomic E-state index is 5.61. The third kappa shape index (κ3) is 3.28. The summed E-state index contributed by atoms with van der Waals surface area (Å²) in [6, 6.07) is 0.656. The second-order valence-electron chi connectivity index (χ2n) is 4.67. The van der Waals surface area contributed by atoms with Crippen LogP contribution in [0.5, 0.6) is 0 Å². The van der Waals surface area contributed by atoms with E-state index in [1.807, 2.05) is 0 Å². The van der Waals surface area contributed by atoms with E-state index in [9.17, 15) is 0 Å². The smallest absolute Gasteiger partial charge is 0.0593 e. The van der Waals surface area contributed by atoms with E-state index in [0.717, 1.165) is 25.7 Å². The molecule has 2 nitrogen and oxygen atoms in total. The molecule has 1 aliphatic heterocycles. The van der Waals surface area contributed by atoms with E-state index in [2.05, 4.69) is 32.6 Å². The van der Waals surface area contributed by atoms with Crippen LogP contribution in [0.25, 0.3) is 0 Å². The fraction of sp³-hybridized carbons (Fsp3) is 1.00. The van der Waals surface area contributed by atoms with Crippen LogP contribution in [0.2, 0.25) is 0 Å². The summed E-state index contributed by atoms with van der Waals surface area (Å²) in [5.74, 6) is 1.45. The van der Waals surface area contributed by atoms with Gasteiger partial charge in [0.05, 0.1) is 13.2 Å². The van der Waals surface area contributed by atoms with Gasteiger partial charge in [0.15, 0.2) is 0 Å². The first kappa shape index (κ1) is 11.0. The number of nitrogens with zero attached hydrogens (tertiary/aromatic N) is 1. The number of ether oxygens (including phenoxy) is 1. The van der Waals surface area contributed by atoms with E-state index in [1.165, 1.54) is 6.54 Å². The summed E-state index contributed by atoms with van der Waals surface area (Å²) in [6.07, 6.45) is 0. The minimum atomic E-state index is 0.656. The molecular weight excluding hydrogens is 162 g/mol. The Morgan fingerprint density at radius 1 is 1.23 bits per heavy atom. The number of rotatable bonds is 2. The zero-order chi connectivity index (χ0) is 9.84. The highest BCUT2D eigenvalue weighted by Crippen LogP contribution is 2.17. The van der Waals surface area contributed by atoms with Crippen LogP contribution in [0.4, 0.5) is 0 Å². The lowest BCUT2D eigenvalue weighted by Gasteiger charge is -2.28. The van der Waals surface area contributed by atoms with Crippen molar-refractivity contribution in [3.63, 3.8) is 0 Å². The van der Waals surface area contributed by atoms with Gasteiger partial charge in [-0.25, -0.2) is 0 Å². The Morgan fingerprint density at radius 2 is 1.92 bits per heavy atom. The molecule has 2 heteroatoms. The van der Waals surface area contributed by atoms with Gasteiger partial charge in [-0.3, -0.25) is 4.90 Å². The van der Waals surface area contributed by atoms with Crippen molar-refractivity contribution in [2.45, 2.75) is 33.7 Å². The SMILES string of the molecule is CC(C)C1COCCN(C(C)C)C1. The van der Waals surface area contributed by atoms with E-state index in [4.69, 9.17) is 4.74 Å². The van der Waals surface area contributed by atoms with Crippen molar-refractivity contribution < 1.29 is 4.74 Å². The zero-order valence-electron chi connectivity index (χ0n) is 9.42. The Morgan fingerprint density at radius 3 is 2.46 bits per heavy atom. The minimum absolute atomic E-state index is 0.656. The highest BCUT2D eigenvalue weighted by atomic mass is 16.5. The Hall–Kier alpha value is -0.0800. The van der Waals surface area contributed by atoms with Gasteiger partial charge in [-0.05, 0) is 25.7 Å². The van der Waals surface area contributed by atoms with E-state index < -0.39 is 0 Å². The third-order valence-corrected chi connectivity index (χ3v) is 3.00. The third-order valence-electron chi connectivity index (χ3n) is 3.00. The minimum Gasteiger partial charge on any atom is -0.380 e. The highest BCUT2D eigenvalue weighted by molar-refractivity contribution is 4.73. The molecule has 1 atom stereocenters. The molecule has 0 saturated carbocycles. The normalized spacial score (nSPS) is 26.8. The van der Waals surface area contributed by atoms with E-state index in [1.54, 1.807) is 0 Å². The molecule has 0 radical (unpaired) electrons. The van der Waals surface area contributed by atoms with Crippen molar-refractivity contribution in [3.8, 4) is 0 Å². The lowest BCUT2D eigenvalue weighted by atomic mass is 9.96. The van der Waals surface area contributed by atoms with Gasteiger partial charge in [0.2, 0.25) is 0 Å². The molecule has 0 amide bonds. The van der Waals surface area contributed by atoms with Crippen molar-refractivity contribution in [1.82, 2.24) is 4.90 Å². The van der Waals surface area contributed by atoms with E-state index >= 15 is 0 Å². The van der Waals surface area contributed by atoms with Gasteiger partial charge in [-0.1, -0.05) is 13.8 Å². The van der Waals surface area contributed by atoms with Crippen LogP contribution < -0.4 is 0 Å². The van der Waals surface area contributed by atoms with Gasteiger partial charge in [-0.15, -0.1) is 0 Å². The van der Waals surface area contributed by atoms with E-state index in [0.29, 0.717) is 12.0 Å². The fourth-order valence-corrected chi connectivity index (χ4v) is 1.73. The molecule has 0 aliphatic carbocycles. The van der Waals surface area contributed by atoms with E-state index in [-0.39, 0.29) is 0 Å². The number of hydrogen-bond donors (Lipinski definition) is 0. The van der Waals surface area contributed by atoms with Gasteiger partial charge in [0.25, 0.3) is 0 Å². The summed E-state index contributed by atoms with van der Waals surface area (Å²) in [4.78, 5) is 2.53. The van der Waals surface area contributed by atoms with Gasteiger partial charge in [0.1, 0.15) is 0 Å². The van der Waals surface area contributed by atoms with Crippen molar-refractivity contribution in [1.29, 1.82) is 0 Å². The lowest BCUT2D eigenvalue weighted by molar-refractivity contribution is 0.108. The molecule has 1 rings (SSSR count). The summed E-state index contributed by atoms with van der Waals surface area (Å²) >= 11 is 0. The summed E-state index contributed by atoms with van der Waals surface area (Å²) in [5, 5.41) is 0. The predicted octanol–water partition coefficient (Wildman–Crippen LogP) is 2.00. The Labute approximate surface area is 82.3 Å². The first-order valence-corrected chi connectivity index (χ1v) is 5.43. The first-order chi connectivity index (χ1) is 6.11. The van der Waals surface area contributed by atoms with Gasteiger partial charge in [-0.2, -0.15) is 0 Å². The van der Waals surface area contributed by atoms with Crippen LogP contribution in [0.1, 0.15) is 27.7 Å². The summed E-state index contributed by atoms with van der Waals surface area (Å²) < 4.78 is 5.61. The maximum atomic E-state index is 5.61. The molecule has 0 N–H and O–H groups in total. The summed E-state index contributed by atoms with van der Waals surface area (Å²) in [6.45, 7) is 13.3. The Balaban J connectivity index is 2.49. The van der Waals surface area contributed by atoms with Gasteiger partial charge in [0, 0.05) is 19.1 Å². The molecule has 13 heavy (non-hydrogen) atoms. The average Bonchev–Trinajstić information content (AvgIpc) is 2.28. The van der Waals surface area contributed by atoms with Gasteiger partial charge >= 0.3 is 0 Å². The molecule has 0 spiro atoms. The van der Waals surface area contributed by atoms with Crippen LogP contribution in [-0.2, 0) is 4.74 Å². The molecule has 1 saturated heterocycles. The van der Waals surface area contributed by atoms with Crippen LogP contribution >= 0.6 is 0 Å². The molecule has 1 unspecified atom stereocenters. The van der Waals surface area contributed by atoms with Crippen molar-refractivity contribution in [3.05, 3.63) is 0 Å². The second-order valence-corrected chi connectivity index (χ2v) is 4.67. The molecule has 1 heterocycles. The van der Waals surface area contributed by atoms with Crippen LogP contribution in [-0.4, -0.2) is 37.2 Å². The van der Waals surface area contributed by atoms with Crippen molar-refractivity contribution >= 4 is 0 Å². The molecule has 0 aromatic heterocycles. The van der Waals surface area contributed by atoms with Crippen LogP contribution in [0, 0.1) is 11.8 Å². The predicted molar refractivity (Wildman–Crippen MR) is 55.9 cm³/mol. The highest BCUT2D eigenvalue weighted by Gasteiger charge is 2.22. The zero-order valence-corrected chi connectivity index (χ0v) is 9.42. The molecule has 0 bridgehead atoms. The first-order valence-electron chi connectivity index (χ1n) is 5.43. The largest absolute Gasteiger partial charge is 0.380 e. The quantitative estimate of drug-likeness (QED) is 0.652. The summed E-state index contributed by atoms with van der Waals surface area (Å²) in [5.41, 5.74) is 0. The van der Waals surface area contributed by atoms with Crippen LogP contribution in [0.3, 0.4) is 0 Å². The number of hydrogen-bond acceptors (Lipinski definition) is 2. The van der Waals surface area contributed by atoms with Crippen LogP contribution in [0.15, 0.2) is 0 Å². The fourth-order valence-electron chi connectivity index (χ4n) is 1.73. The molecule has 78 valence electrons. The molecule has 0 aromatic rings. The Bertz CT molecular complexity index is 129. The molecule has 0 aromatic carbocycles. The Kier molecular flexibility index (Phi) is 4.20. The van der Waals surface area contributed by atoms with Crippen molar-refractivity contribution in [2.24, 2.45) is 11.8 Å². The maximum Gasteiger partial charge on any atom is 0.0593 e. The van der Waals surface area contributed by atoms with Crippen molar-refractivity contribution in [2.75, 3.05) is 26.3 Å². The van der Waals surface area contributed by atoms with Gasteiger partial charge < -0.3 is 4.74 Å². The standard InChI is InChI=1S/C11H23NO/c1-9(2)11-7-12(10(3)4)5-6-13-8-11/h9-11H,5-8H2,1-4H3. The molecule has 1 fully saturated rings. The topological polar surface area (TPSA) is 12.5 Å². The summed E-state index contributed by atoms with van der Waals surface area (Å²) in [7, 11) is 0. The lowest BCUT2D eigenvalue weighted by Crippen LogP contribution is -2.37. The second kappa shape index (κ2) is 4.97. The molecule has 1 aliphatic rings. The monoisotopic (exact) mass is 185 g/mol. The average molecular weight is 185 g/mol.